The topological polar surface area (TPSA) is 38.3 Å². The Balaban J connectivity index is 1.99. The third kappa shape index (κ3) is 5.27. The highest BCUT2D eigenvalue weighted by atomic mass is 35.5. The van der Waals surface area contributed by atoms with E-state index in [1.54, 1.807) is 30.3 Å². The highest BCUT2D eigenvalue weighted by molar-refractivity contribution is 7.99. The van der Waals surface area contributed by atoms with Crippen molar-refractivity contribution < 1.29 is 18.3 Å². The second kappa shape index (κ2) is 8.38. The first kappa shape index (κ1) is 17.8. The molecule has 0 radical (unpaired) electrons. The number of hydrogen-bond donors (Lipinski definition) is 1. The molecule has 1 N–H and O–H groups in total. The zero-order chi connectivity index (χ0) is 16.8. The van der Waals surface area contributed by atoms with E-state index in [2.05, 4.69) is 5.32 Å². The average Bonchev–Trinajstić information content (AvgIpc) is 2.50. The van der Waals surface area contributed by atoms with Crippen molar-refractivity contribution in [2.45, 2.75) is 10.7 Å². The van der Waals surface area contributed by atoms with Crippen molar-refractivity contribution in [2.75, 3.05) is 11.9 Å². The maximum absolute atomic E-state index is 12.5. The summed E-state index contributed by atoms with van der Waals surface area (Å²) in [6.45, 7) is -0.326. The van der Waals surface area contributed by atoms with Gasteiger partial charge in [-0.1, -0.05) is 53.2 Å². The van der Waals surface area contributed by atoms with E-state index in [0.29, 0.717) is 22.5 Å². The van der Waals surface area contributed by atoms with Crippen LogP contribution in [0.3, 0.4) is 0 Å². The molecule has 2 aromatic rings. The molecule has 2 rings (SSSR count). The Morgan fingerprint density at radius 1 is 1.17 bits per heavy atom. The quantitative estimate of drug-likeness (QED) is 0.691. The molecular formula is C15H11Cl2F2NO2S. The SMILES string of the molecule is O=C(COc1cccc(Cl)c1Cl)Nc1ccccc1SC(F)F. The molecule has 8 heteroatoms. The van der Waals surface area contributed by atoms with Crippen LogP contribution in [0.2, 0.25) is 10.0 Å². The van der Waals surface area contributed by atoms with Crippen molar-refractivity contribution in [3.05, 3.63) is 52.5 Å². The van der Waals surface area contributed by atoms with Gasteiger partial charge in [-0.3, -0.25) is 4.79 Å². The number of carbonyl (C=O) groups excluding carboxylic acids is 1. The summed E-state index contributed by atoms with van der Waals surface area (Å²) in [4.78, 5) is 12.2. The van der Waals surface area contributed by atoms with Crippen molar-refractivity contribution in [1.29, 1.82) is 0 Å². The van der Waals surface area contributed by atoms with Gasteiger partial charge >= 0.3 is 0 Å². The van der Waals surface area contributed by atoms with Crippen LogP contribution in [0.4, 0.5) is 14.5 Å². The number of hydrogen-bond acceptors (Lipinski definition) is 3. The summed E-state index contributed by atoms with van der Waals surface area (Å²) in [5, 5.41) is 3.04. The lowest BCUT2D eigenvalue weighted by atomic mass is 10.3. The molecule has 3 nitrogen and oxygen atoms in total. The molecule has 0 aliphatic carbocycles. The normalized spacial score (nSPS) is 10.7. The molecule has 0 unspecified atom stereocenters. The number of carbonyl (C=O) groups is 1. The molecule has 1 amide bonds. The van der Waals surface area contributed by atoms with Gasteiger partial charge < -0.3 is 10.1 Å². The number of alkyl halides is 2. The number of benzene rings is 2. The van der Waals surface area contributed by atoms with E-state index in [9.17, 15) is 13.6 Å². The fourth-order valence-electron chi connectivity index (χ4n) is 1.69. The first-order chi connectivity index (χ1) is 11.0. The number of ether oxygens (including phenoxy) is 1. The van der Waals surface area contributed by atoms with E-state index in [1.165, 1.54) is 12.1 Å². The zero-order valence-corrected chi connectivity index (χ0v) is 13.9. The molecule has 0 fully saturated rings. The highest BCUT2D eigenvalue weighted by Crippen LogP contribution is 2.32. The molecular weight excluding hydrogens is 367 g/mol. The molecule has 0 aromatic heterocycles. The number of thioether (sulfide) groups is 1. The lowest BCUT2D eigenvalue weighted by Crippen LogP contribution is -2.20. The molecule has 0 bridgehead atoms. The summed E-state index contributed by atoms with van der Waals surface area (Å²) in [5.74, 6) is -2.80. The van der Waals surface area contributed by atoms with Crippen LogP contribution in [-0.2, 0) is 4.79 Å². The lowest BCUT2D eigenvalue weighted by Gasteiger charge is -2.12. The minimum absolute atomic E-state index is 0.204. The Morgan fingerprint density at radius 2 is 1.91 bits per heavy atom. The van der Waals surface area contributed by atoms with E-state index < -0.39 is 11.7 Å². The van der Waals surface area contributed by atoms with Crippen molar-refractivity contribution in [1.82, 2.24) is 0 Å². The number of halogens is 4. The summed E-state index contributed by atoms with van der Waals surface area (Å²) in [6.07, 6.45) is 0. The minimum atomic E-state index is -2.57. The van der Waals surface area contributed by atoms with Gasteiger partial charge in [-0.25, -0.2) is 0 Å². The van der Waals surface area contributed by atoms with Gasteiger partial charge in [0.1, 0.15) is 10.8 Å². The van der Waals surface area contributed by atoms with Crippen molar-refractivity contribution in [3.8, 4) is 5.75 Å². The fourth-order valence-corrected chi connectivity index (χ4v) is 2.64. The third-order valence-electron chi connectivity index (χ3n) is 2.65. The number of anilines is 1. The Hall–Kier alpha value is -1.50. The van der Waals surface area contributed by atoms with E-state index in [0.717, 1.165) is 0 Å². The van der Waals surface area contributed by atoms with Crippen LogP contribution in [-0.4, -0.2) is 18.3 Å². The predicted octanol–water partition coefficient (Wildman–Crippen LogP) is 5.33. The van der Waals surface area contributed by atoms with Crippen LogP contribution < -0.4 is 10.1 Å². The number of para-hydroxylation sites is 1. The Bertz CT molecular complexity index is 701. The molecule has 2 aromatic carbocycles. The summed E-state index contributed by atoms with van der Waals surface area (Å²) < 4.78 is 30.3. The molecule has 0 heterocycles. The largest absolute Gasteiger partial charge is 0.482 e. The summed E-state index contributed by atoms with van der Waals surface area (Å²) >= 11 is 12.1. The van der Waals surface area contributed by atoms with Gasteiger partial charge in [-0.2, -0.15) is 8.78 Å². The van der Waals surface area contributed by atoms with E-state index in [4.69, 9.17) is 27.9 Å². The first-order valence-electron chi connectivity index (χ1n) is 6.38. The van der Waals surface area contributed by atoms with Crippen molar-refractivity contribution >= 4 is 46.6 Å². The third-order valence-corrected chi connectivity index (χ3v) is 4.24. The number of amides is 1. The average molecular weight is 378 g/mol. The van der Waals surface area contributed by atoms with Crippen LogP contribution >= 0.6 is 35.0 Å². The molecule has 0 aliphatic heterocycles. The monoisotopic (exact) mass is 377 g/mol. The maximum atomic E-state index is 12.5. The molecule has 0 saturated heterocycles. The number of nitrogens with one attached hydrogen (secondary N) is 1. The molecule has 122 valence electrons. The van der Waals surface area contributed by atoms with Crippen molar-refractivity contribution in [2.24, 2.45) is 0 Å². The lowest BCUT2D eigenvalue weighted by molar-refractivity contribution is -0.118. The highest BCUT2D eigenvalue weighted by Gasteiger charge is 2.13. The van der Waals surface area contributed by atoms with Crippen molar-refractivity contribution in [3.63, 3.8) is 0 Å². The first-order valence-corrected chi connectivity index (χ1v) is 8.01. The van der Waals surface area contributed by atoms with E-state index >= 15 is 0 Å². The van der Waals surface area contributed by atoms with Gasteiger partial charge in [0, 0.05) is 4.90 Å². The van der Waals surface area contributed by atoms with Gasteiger partial charge in [-0.05, 0) is 24.3 Å². The maximum Gasteiger partial charge on any atom is 0.288 e. The molecule has 0 aliphatic rings. The molecule has 23 heavy (non-hydrogen) atoms. The van der Waals surface area contributed by atoms with Crippen LogP contribution in [0.1, 0.15) is 0 Å². The molecule has 0 spiro atoms. The van der Waals surface area contributed by atoms with Crippen LogP contribution in [0, 0.1) is 0 Å². The fraction of sp³-hybridized carbons (Fsp3) is 0.133. The standard InChI is InChI=1S/C15H11Cl2F2NO2S/c16-9-4-3-6-11(14(9)17)22-8-13(21)20-10-5-1-2-7-12(10)23-15(18)19/h1-7,15H,8H2,(H,20,21). The van der Waals surface area contributed by atoms with Gasteiger partial charge in [0.25, 0.3) is 11.7 Å². The zero-order valence-electron chi connectivity index (χ0n) is 11.6. The molecule has 0 saturated carbocycles. The number of rotatable bonds is 6. The van der Waals surface area contributed by atoms with Crippen LogP contribution in [0.5, 0.6) is 5.75 Å². The Morgan fingerprint density at radius 3 is 2.65 bits per heavy atom. The minimum Gasteiger partial charge on any atom is -0.482 e. The van der Waals surface area contributed by atoms with Crippen LogP contribution in [0.25, 0.3) is 0 Å². The summed E-state index contributed by atoms with van der Waals surface area (Å²) in [7, 11) is 0. The second-order valence-electron chi connectivity index (χ2n) is 4.26. The Kier molecular flexibility index (Phi) is 6.50. The summed E-state index contributed by atoms with van der Waals surface area (Å²) in [6, 6.07) is 11.1. The second-order valence-corrected chi connectivity index (χ2v) is 6.08. The van der Waals surface area contributed by atoms with Gasteiger partial charge in [0.2, 0.25) is 0 Å². The van der Waals surface area contributed by atoms with E-state index in [-0.39, 0.29) is 22.3 Å². The van der Waals surface area contributed by atoms with Gasteiger partial charge in [0.15, 0.2) is 6.61 Å². The Labute approximate surface area is 145 Å². The smallest absolute Gasteiger partial charge is 0.288 e. The predicted molar refractivity (Wildman–Crippen MR) is 88.9 cm³/mol. The van der Waals surface area contributed by atoms with Gasteiger partial charge in [-0.15, -0.1) is 0 Å². The van der Waals surface area contributed by atoms with E-state index in [1.807, 2.05) is 0 Å². The summed E-state index contributed by atoms with van der Waals surface area (Å²) in [5.41, 5.74) is 0.295. The molecule has 0 atom stereocenters. The van der Waals surface area contributed by atoms with Gasteiger partial charge in [0.05, 0.1) is 10.7 Å². The van der Waals surface area contributed by atoms with Crippen LogP contribution in [0.15, 0.2) is 47.4 Å².